The fourth-order valence-electron chi connectivity index (χ4n) is 1.27. The number of rotatable bonds is 3. The molecule has 2 aromatic rings. The zero-order valence-corrected chi connectivity index (χ0v) is 7.88. The first kappa shape index (κ1) is 8.75. The van der Waals surface area contributed by atoms with E-state index in [1.165, 1.54) is 5.56 Å². The van der Waals surface area contributed by atoms with Crippen molar-refractivity contribution in [3.63, 3.8) is 0 Å². The van der Waals surface area contributed by atoms with Crippen molar-refractivity contribution in [1.82, 2.24) is 9.55 Å². The normalized spacial score (nSPS) is 10.9. The molecule has 0 aliphatic rings. The van der Waals surface area contributed by atoms with Gasteiger partial charge in [0, 0.05) is 18.9 Å². The lowest BCUT2D eigenvalue weighted by Gasteiger charge is -1.94. The maximum absolute atomic E-state index is 3.98. The van der Waals surface area contributed by atoms with Gasteiger partial charge in [-0.15, -0.1) is 0 Å². The van der Waals surface area contributed by atoms with Crippen LogP contribution in [0.15, 0.2) is 55.1 Å². The third-order valence-corrected chi connectivity index (χ3v) is 1.99. The summed E-state index contributed by atoms with van der Waals surface area (Å²) in [5.74, 6) is 0. The Kier molecular flexibility index (Phi) is 2.76. The zero-order valence-electron chi connectivity index (χ0n) is 7.88. The Morgan fingerprint density at radius 2 is 2.07 bits per heavy atom. The fraction of sp³-hybridized carbons (Fsp3) is 0.0833. The predicted molar refractivity (Wildman–Crippen MR) is 57.7 cm³/mol. The highest BCUT2D eigenvalue weighted by Crippen LogP contribution is 2.01. The number of benzene rings is 1. The SMILES string of the molecule is C(=C\c1ccccc1)/Cn1ccnc1. The van der Waals surface area contributed by atoms with Crippen LogP contribution in [-0.4, -0.2) is 9.55 Å². The summed E-state index contributed by atoms with van der Waals surface area (Å²) < 4.78 is 2.03. The average Bonchev–Trinajstić information content (AvgIpc) is 2.72. The van der Waals surface area contributed by atoms with Gasteiger partial charge in [-0.2, -0.15) is 0 Å². The van der Waals surface area contributed by atoms with Crippen molar-refractivity contribution < 1.29 is 0 Å². The number of hydrogen-bond donors (Lipinski definition) is 0. The van der Waals surface area contributed by atoms with Gasteiger partial charge in [0.1, 0.15) is 0 Å². The molecule has 14 heavy (non-hydrogen) atoms. The van der Waals surface area contributed by atoms with Crippen molar-refractivity contribution in [1.29, 1.82) is 0 Å². The van der Waals surface area contributed by atoms with E-state index in [0.29, 0.717) is 0 Å². The van der Waals surface area contributed by atoms with Gasteiger partial charge in [0.25, 0.3) is 0 Å². The Morgan fingerprint density at radius 3 is 2.79 bits per heavy atom. The number of allylic oxidation sites excluding steroid dienone is 1. The molecule has 2 heteroatoms. The fourth-order valence-corrected chi connectivity index (χ4v) is 1.27. The topological polar surface area (TPSA) is 17.8 Å². The van der Waals surface area contributed by atoms with Crippen molar-refractivity contribution >= 4 is 6.08 Å². The number of aromatic nitrogens is 2. The quantitative estimate of drug-likeness (QED) is 0.717. The first-order valence-electron chi connectivity index (χ1n) is 4.62. The van der Waals surface area contributed by atoms with Crippen LogP contribution >= 0.6 is 0 Å². The van der Waals surface area contributed by atoms with E-state index in [9.17, 15) is 0 Å². The average molecular weight is 184 g/mol. The number of hydrogen-bond acceptors (Lipinski definition) is 1. The zero-order chi connectivity index (χ0) is 9.64. The molecule has 0 saturated heterocycles. The van der Waals surface area contributed by atoms with Crippen molar-refractivity contribution in [2.75, 3.05) is 0 Å². The van der Waals surface area contributed by atoms with Crippen LogP contribution < -0.4 is 0 Å². The second-order valence-corrected chi connectivity index (χ2v) is 3.07. The van der Waals surface area contributed by atoms with Crippen LogP contribution in [0.5, 0.6) is 0 Å². The van der Waals surface area contributed by atoms with Crippen molar-refractivity contribution in [2.24, 2.45) is 0 Å². The molecule has 0 spiro atoms. The second-order valence-electron chi connectivity index (χ2n) is 3.07. The molecule has 0 amide bonds. The smallest absolute Gasteiger partial charge is 0.0948 e. The third-order valence-electron chi connectivity index (χ3n) is 1.99. The van der Waals surface area contributed by atoms with E-state index in [1.54, 1.807) is 6.20 Å². The number of nitrogens with zero attached hydrogens (tertiary/aromatic N) is 2. The highest BCUT2D eigenvalue weighted by Gasteiger charge is 1.84. The molecule has 1 heterocycles. The first-order chi connectivity index (χ1) is 6.95. The van der Waals surface area contributed by atoms with Gasteiger partial charge in [-0.3, -0.25) is 0 Å². The standard InChI is InChI=1S/C12H12N2/c1-2-5-12(6-3-1)7-4-9-14-10-8-13-11-14/h1-8,10-11H,9H2/b7-4+. The Bertz CT molecular complexity index is 388. The van der Waals surface area contributed by atoms with Crippen molar-refractivity contribution in [2.45, 2.75) is 6.54 Å². The molecular formula is C12H12N2. The lowest BCUT2D eigenvalue weighted by Crippen LogP contribution is -1.88. The molecule has 2 nitrogen and oxygen atoms in total. The van der Waals surface area contributed by atoms with Crippen LogP contribution in [0.1, 0.15) is 5.56 Å². The van der Waals surface area contributed by atoms with Crippen LogP contribution in [0, 0.1) is 0 Å². The van der Waals surface area contributed by atoms with E-state index in [4.69, 9.17) is 0 Å². The van der Waals surface area contributed by atoms with Gasteiger partial charge < -0.3 is 4.57 Å². The molecule has 1 aromatic heterocycles. The van der Waals surface area contributed by atoms with Crippen LogP contribution in [-0.2, 0) is 6.54 Å². The summed E-state index contributed by atoms with van der Waals surface area (Å²) in [7, 11) is 0. The molecule has 0 unspecified atom stereocenters. The summed E-state index contributed by atoms with van der Waals surface area (Å²) in [5, 5.41) is 0. The van der Waals surface area contributed by atoms with Gasteiger partial charge in [-0.25, -0.2) is 4.98 Å². The van der Waals surface area contributed by atoms with E-state index in [2.05, 4.69) is 29.3 Å². The van der Waals surface area contributed by atoms with E-state index in [0.717, 1.165) is 6.54 Å². The van der Waals surface area contributed by atoms with Crippen molar-refractivity contribution in [3.8, 4) is 0 Å². The van der Waals surface area contributed by atoms with E-state index >= 15 is 0 Å². The van der Waals surface area contributed by atoms with Crippen molar-refractivity contribution in [3.05, 3.63) is 60.7 Å². The third kappa shape index (κ3) is 2.33. The minimum absolute atomic E-state index is 0.870. The second kappa shape index (κ2) is 4.42. The van der Waals surface area contributed by atoms with Crippen LogP contribution in [0.4, 0.5) is 0 Å². The van der Waals surface area contributed by atoms with E-state index < -0.39 is 0 Å². The van der Waals surface area contributed by atoms with Gasteiger partial charge in [0.05, 0.1) is 6.33 Å². The maximum Gasteiger partial charge on any atom is 0.0948 e. The van der Waals surface area contributed by atoms with Gasteiger partial charge in [-0.1, -0.05) is 42.5 Å². The molecule has 0 bridgehead atoms. The summed E-state index contributed by atoms with van der Waals surface area (Å²) in [6.07, 6.45) is 9.79. The van der Waals surface area contributed by atoms with E-state index in [1.807, 2.05) is 35.3 Å². The van der Waals surface area contributed by atoms with E-state index in [-0.39, 0.29) is 0 Å². The minimum atomic E-state index is 0.870. The van der Waals surface area contributed by atoms with Crippen LogP contribution in [0.2, 0.25) is 0 Å². The molecule has 0 aliphatic carbocycles. The Balaban J connectivity index is 1.96. The predicted octanol–water partition coefficient (Wildman–Crippen LogP) is 2.60. The molecule has 0 radical (unpaired) electrons. The molecule has 0 saturated carbocycles. The molecule has 0 fully saturated rings. The monoisotopic (exact) mass is 184 g/mol. The minimum Gasteiger partial charge on any atom is -0.334 e. The van der Waals surface area contributed by atoms with Crippen LogP contribution in [0.3, 0.4) is 0 Å². The Hall–Kier alpha value is -1.83. The summed E-state index contributed by atoms with van der Waals surface area (Å²) in [5.41, 5.74) is 1.23. The van der Waals surface area contributed by atoms with Gasteiger partial charge >= 0.3 is 0 Å². The largest absolute Gasteiger partial charge is 0.334 e. The highest BCUT2D eigenvalue weighted by atomic mass is 15.0. The summed E-state index contributed by atoms with van der Waals surface area (Å²) in [4.78, 5) is 3.98. The molecule has 70 valence electrons. The Morgan fingerprint density at radius 1 is 1.21 bits per heavy atom. The molecule has 2 rings (SSSR count). The Labute approximate surface area is 83.5 Å². The maximum atomic E-state index is 3.98. The van der Waals surface area contributed by atoms with Gasteiger partial charge in [-0.05, 0) is 5.56 Å². The number of imidazole rings is 1. The molecule has 0 N–H and O–H groups in total. The highest BCUT2D eigenvalue weighted by molar-refractivity contribution is 5.48. The molecule has 1 aromatic carbocycles. The van der Waals surface area contributed by atoms with Gasteiger partial charge in [0.15, 0.2) is 0 Å². The van der Waals surface area contributed by atoms with Gasteiger partial charge in [0.2, 0.25) is 0 Å². The summed E-state index contributed by atoms with van der Waals surface area (Å²) in [6.45, 7) is 0.870. The first-order valence-corrected chi connectivity index (χ1v) is 4.62. The summed E-state index contributed by atoms with van der Waals surface area (Å²) in [6, 6.07) is 10.3. The lowest BCUT2D eigenvalue weighted by molar-refractivity contribution is 0.823. The molecule has 0 atom stereocenters. The lowest BCUT2D eigenvalue weighted by atomic mass is 10.2. The summed E-state index contributed by atoms with van der Waals surface area (Å²) >= 11 is 0. The molecular weight excluding hydrogens is 172 g/mol. The van der Waals surface area contributed by atoms with Crippen LogP contribution in [0.25, 0.3) is 6.08 Å². The molecule has 0 aliphatic heterocycles.